The Morgan fingerprint density at radius 1 is 1.43 bits per heavy atom. The van der Waals surface area contributed by atoms with E-state index in [1.165, 1.54) is 31.4 Å². The zero-order valence-electron chi connectivity index (χ0n) is 13.8. The molecule has 0 saturated carbocycles. The number of rotatable bonds is 4. The number of ether oxygens (including phenoxy) is 1. The van der Waals surface area contributed by atoms with Crippen molar-refractivity contribution in [2.45, 2.75) is 0 Å². The molecule has 110 valence electrons. The number of halogens is 2. The normalized spacial score (nSPS) is 12.8. The Bertz CT molecular complexity index is 773. The van der Waals surface area contributed by atoms with Crippen LogP contribution in [0.5, 0.6) is 5.75 Å². The number of hydrogen-bond acceptors (Lipinski definition) is 5. The third-order valence-electron chi connectivity index (χ3n) is 2.53. The molecular formula is C13H12ClFN4O2. The smallest absolute Gasteiger partial charge is 0.273 e. The Kier molecular flexibility index (Phi) is 3.41. The number of hydrogen-bond donors (Lipinski definition) is 2. The summed E-state index contributed by atoms with van der Waals surface area (Å²) in [6, 6.07) is 5.39. The molecule has 1 amide bonds. The fourth-order valence-corrected chi connectivity index (χ4v) is 1.80. The van der Waals surface area contributed by atoms with E-state index in [9.17, 15) is 9.18 Å². The summed E-state index contributed by atoms with van der Waals surface area (Å²) < 4.78 is 39.9. The maximum Gasteiger partial charge on any atom is 0.273 e. The van der Waals surface area contributed by atoms with Crippen molar-refractivity contribution >= 4 is 28.9 Å². The molecule has 0 aliphatic rings. The van der Waals surface area contributed by atoms with E-state index >= 15 is 0 Å². The molecule has 0 spiro atoms. The first-order valence-corrected chi connectivity index (χ1v) is 6.04. The molecule has 1 heterocycles. The molecule has 8 heteroatoms. The molecule has 21 heavy (non-hydrogen) atoms. The first-order chi connectivity index (χ1) is 11.2. The summed E-state index contributed by atoms with van der Waals surface area (Å²) in [5, 5.41) is 11.6. The second kappa shape index (κ2) is 6.36. The van der Waals surface area contributed by atoms with E-state index in [2.05, 4.69) is 15.5 Å². The summed E-state index contributed by atoms with van der Waals surface area (Å²) in [6.45, 7) is -2.70. The van der Waals surface area contributed by atoms with Gasteiger partial charge in [0.2, 0.25) is 0 Å². The third-order valence-corrected chi connectivity index (χ3v) is 2.72. The largest absolute Gasteiger partial charge is 0.492 e. The highest BCUT2D eigenvalue weighted by atomic mass is 35.5. The van der Waals surface area contributed by atoms with Crippen LogP contribution in [0.15, 0.2) is 24.3 Å². The van der Waals surface area contributed by atoms with Gasteiger partial charge in [-0.15, -0.1) is 10.2 Å². The average molecular weight is 314 g/mol. The second-order valence-corrected chi connectivity index (χ2v) is 4.22. The van der Waals surface area contributed by atoms with Crippen LogP contribution in [0.1, 0.15) is 14.6 Å². The second-order valence-electron chi connectivity index (χ2n) is 3.83. The fourth-order valence-electron chi connectivity index (χ4n) is 1.65. The van der Waals surface area contributed by atoms with Gasteiger partial charge in [-0.3, -0.25) is 4.79 Å². The highest BCUT2D eigenvalue weighted by molar-refractivity contribution is 6.29. The molecule has 1 aromatic heterocycles. The first kappa shape index (κ1) is 11.3. The number of aromatic nitrogens is 2. The molecule has 2 rings (SSSR count). The highest BCUT2D eigenvalue weighted by Gasteiger charge is 2.16. The van der Waals surface area contributed by atoms with Crippen molar-refractivity contribution in [3.8, 4) is 5.75 Å². The van der Waals surface area contributed by atoms with Crippen molar-refractivity contribution in [1.82, 2.24) is 15.5 Å². The summed E-state index contributed by atoms with van der Waals surface area (Å²) in [6.07, 6.45) is 0. The average Bonchev–Trinajstić information content (AvgIpc) is 2.45. The number of carbonyl (C=O) groups excluding carboxylic acids is 1. The topological polar surface area (TPSA) is 76.1 Å². The minimum Gasteiger partial charge on any atom is -0.492 e. The van der Waals surface area contributed by atoms with Crippen LogP contribution >= 0.6 is 11.6 Å². The van der Waals surface area contributed by atoms with Crippen molar-refractivity contribution in [2.24, 2.45) is 0 Å². The van der Waals surface area contributed by atoms with Gasteiger partial charge >= 0.3 is 0 Å². The molecule has 0 radical (unpaired) electrons. The number of carbonyl (C=O) groups is 1. The Hall–Kier alpha value is -2.41. The van der Waals surface area contributed by atoms with Crippen LogP contribution in [0.4, 0.5) is 15.8 Å². The summed E-state index contributed by atoms with van der Waals surface area (Å²) >= 11 is 5.76. The molecule has 0 bridgehead atoms. The van der Waals surface area contributed by atoms with Gasteiger partial charge in [-0.1, -0.05) is 17.7 Å². The predicted octanol–water partition coefficient (Wildman–Crippen LogP) is 2.38. The number of amides is 1. The molecule has 6 nitrogen and oxygen atoms in total. The highest BCUT2D eigenvalue weighted by Crippen LogP contribution is 2.31. The van der Waals surface area contributed by atoms with Gasteiger partial charge in [-0.05, 0) is 12.1 Å². The van der Waals surface area contributed by atoms with E-state index in [0.717, 1.165) is 0 Å². The van der Waals surface area contributed by atoms with E-state index in [1.54, 1.807) is 5.32 Å². The standard InChI is InChI=1S/C13H12ClFN4O2/c1-16-13(20)11-9(6-10(14)18-19-11)17-8-5-3-4-7(15)12(8)21-2/h3-6H,1-2H3,(H,16,20)(H,17,18)/i1D3. The predicted molar refractivity (Wildman–Crippen MR) is 76.7 cm³/mol. The molecule has 0 saturated heterocycles. The van der Waals surface area contributed by atoms with Gasteiger partial charge in [0.05, 0.1) is 18.5 Å². The number of para-hydroxylation sites is 1. The minimum atomic E-state index is -2.70. The Morgan fingerprint density at radius 3 is 2.95 bits per heavy atom. The Morgan fingerprint density at radius 2 is 2.24 bits per heavy atom. The van der Waals surface area contributed by atoms with Crippen LogP contribution in [0.25, 0.3) is 0 Å². The van der Waals surface area contributed by atoms with E-state index in [4.69, 9.17) is 20.5 Å². The van der Waals surface area contributed by atoms with Crippen molar-refractivity contribution in [3.05, 3.63) is 40.9 Å². The molecule has 0 fully saturated rings. The van der Waals surface area contributed by atoms with Gasteiger partial charge in [0, 0.05) is 17.2 Å². The maximum absolute atomic E-state index is 13.7. The summed E-state index contributed by atoms with van der Waals surface area (Å²) in [4.78, 5) is 12.0. The number of nitrogens with zero attached hydrogens (tertiary/aromatic N) is 2. The van der Waals surface area contributed by atoms with Gasteiger partial charge in [0.25, 0.3) is 5.91 Å². The third kappa shape index (κ3) is 3.19. The molecule has 0 aliphatic heterocycles. The van der Waals surface area contributed by atoms with Crippen LogP contribution in [0, 0.1) is 5.82 Å². The molecule has 0 aliphatic carbocycles. The lowest BCUT2D eigenvalue weighted by Gasteiger charge is -2.13. The number of anilines is 2. The lowest BCUT2D eigenvalue weighted by atomic mass is 10.2. The SMILES string of the molecule is [2H]C([2H])([2H])NC(=O)c1nnc(Cl)cc1Nc1cccc(F)c1OC. The van der Waals surface area contributed by atoms with Crippen molar-refractivity contribution < 1.29 is 18.0 Å². The maximum atomic E-state index is 13.7. The van der Waals surface area contributed by atoms with E-state index < -0.39 is 18.7 Å². The Labute approximate surface area is 129 Å². The van der Waals surface area contributed by atoms with Crippen LogP contribution < -0.4 is 15.4 Å². The van der Waals surface area contributed by atoms with Crippen molar-refractivity contribution in [3.63, 3.8) is 0 Å². The number of benzene rings is 1. The first-order valence-electron chi connectivity index (χ1n) is 7.16. The monoisotopic (exact) mass is 313 g/mol. The quantitative estimate of drug-likeness (QED) is 0.906. The van der Waals surface area contributed by atoms with Crippen LogP contribution in [-0.4, -0.2) is 30.2 Å². The fraction of sp³-hybridized carbons (Fsp3) is 0.154. The van der Waals surface area contributed by atoms with Crippen LogP contribution in [0.2, 0.25) is 5.15 Å². The van der Waals surface area contributed by atoms with E-state index in [1.807, 2.05) is 0 Å². The number of nitrogens with one attached hydrogen (secondary N) is 2. The zero-order chi connectivity index (χ0) is 17.9. The molecule has 0 atom stereocenters. The molecule has 2 aromatic rings. The molecule has 2 N–H and O–H groups in total. The lowest BCUT2D eigenvalue weighted by Crippen LogP contribution is -2.21. The summed E-state index contributed by atoms with van der Waals surface area (Å²) in [5.74, 6) is -1.70. The molecule has 0 unspecified atom stereocenters. The summed E-state index contributed by atoms with van der Waals surface area (Å²) in [7, 11) is 1.28. The lowest BCUT2D eigenvalue weighted by molar-refractivity contribution is 0.0958. The molecule has 1 aromatic carbocycles. The van der Waals surface area contributed by atoms with Gasteiger partial charge < -0.3 is 15.4 Å². The summed E-state index contributed by atoms with van der Waals surface area (Å²) in [5.41, 5.74) is -0.0769. The minimum absolute atomic E-state index is 0.0423. The van der Waals surface area contributed by atoms with E-state index in [-0.39, 0.29) is 28.0 Å². The van der Waals surface area contributed by atoms with Gasteiger partial charge in [0.1, 0.15) is 0 Å². The van der Waals surface area contributed by atoms with Gasteiger partial charge in [-0.25, -0.2) is 4.39 Å². The zero-order valence-corrected chi connectivity index (χ0v) is 11.5. The van der Waals surface area contributed by atoms with Gasteiger partial charge in [-0.2, -0.15) is 0 Å². The Balaban J connectivity index is 2.42. The molecular weight excluding hydrogens is 299 g/mol. The van der Waals surface area contributed by atoms with Crippen molar-refractivity contribution in [1.29, 1.82) is 0 Å². The van der Waals surface area contributed by atoms with E-state index in [0.29, 0.717) is 0 Å². The van der Waals surface area contributed by atoms with Crippen LogP contribution in [-0.2, 0) is 0 Å². The van der Waals surface area contributed by atoms with Crippen LogP contribution in [0.3, 0.4) is 0 Å². The van der Waals surface area contributed by atoms with Gasteiger partial charge in [0.15, 0.2) is 22.4 Å². The van der Waals surface area contributed by atoms with Crippen molar-refractivity contribution in [2.75, 3.05) is 19.4 Å². The number of methoxy groups -OCH3 is 1.